The lowest BCUT2D eigenvalue weighted by Crippen LogP contribution is -2.19. The average molecular weight is 436 g/mol. The van der Waals surface area contributed by atoms with E-state index >= 15 is 0 Å². The van der Waals surface area contributed by atoms with Gasteiger partial charge in [-0.2, -0.15) is 5.10 Å². The Kier molecular flexibility index (Phi) is 7.14. The Morgan fingerprint density at radius 1 is 1.28 bits per heavy atom. The van der Waals surface area contributed by atoms with Crippen molar-refractivity contribution in [2.24, 2.45) is 0 Å². The molecule has 8 heteroatoms. The molecule has 0 amide bonds. The van der Waals surface area contributed by atoms with Gasteiger partial charge in [-0.1, -0.05) is 29.9 Å². The van der Waals surface area contributed by atoms with E-state index in [1.54, 1.807) is 11.3 Å². The minimum absolute atomic E-state index is 0.335. The highest BCUT2D eigenvalue weighted by molar-refractivity contribution is 7.19. The first-order valence-electron chi connectivity index (χ1n) is 10.2. The van der Waals surface area contributed by atoms with Crippen LogP contribution in [0, 0.1) is 13.8 Å². The predicted octanol–water partition coefficient (Wildman–Crippen LogP) is 5.66. The fourth-order valence-corrected chi connectivity index (χ4v) is 4.62. The van der Waals surface area contributed by atoms with E-state index in [4.69, 9.17) is 26.4 Å². The largest absolute Gasteiger partial charge is 0.382 e. The molecule has 0 N–H and O–H groups in total. The smallest absolute Gasteiger partial charge is 0.187 e. The summed E-state index contributed by atoms with van der Waals surface area (Å²) in [7, 11) is 2.04. The van der Waals surface area contributed by atoms with E-state index in [9.17, 15) is 0 Å². The number of aromatic nitrogens is 4. The molecule has 6 nitrogen and oxygen atoms in total. The molecular weight excluding hydrogens is 406 g/mol. The second kappa shape index (κ2) is 9.41. The quantitative estimate of drug-likeness (QED) is 0.406. The molecule has 0 radical (unpaired) electrons. The van der Waals surface area contributed by atoms with Gasteiger partial charge in [-0.05, 0) is 52.2 Å². The van der Waals surface area contributed by atoms with Crippen LogP contribution in [0.5, 0.6) is 0 Å². The van der Waals surface area contributed by atoms with Crippen LogP contribution in [0.25, 0.3) is 21.6 Å². The maximum absolute atomic E-state index is 6.54. The SMILES string of the molecule is CCOCCCN(C)c1nc(Cl)c(-c2nc3c(C)nn(C(C)CC)c3cc2C)s1. The zero-order chi connectivity index (χ0) is 21.1. The summed E-state index contributed by atoms with van der Waals surface area (Å²) in [5.74, 6) is 0. The molecule has 1 unspecified atom stereocenters. The minimum atomic E-state index is 0.335. The first-order valence-corrected chi connectivity index (χ1v) is 11.4. The number of pyridine rings is 1. The molecule has 0 aliphatic carbocycles. The van der Waals surface area contributed by atoms with Gasteiger partial charge in [0.15, 0.2) is 10.3 Å². The van der Waals surface area contributed by atoms with Crippen molar-refractivity contribution in [3.05, 3.63) is 22.5 Å². The Hall–Kier alpha value is -1.70. The number of halogens is 1. The number of ether oxygens (including phenoxy) is 1. The van der Waals surface area contributed by atoms with Gasteiger partial charge >= 0.3 is 0 Å². The van der Waals surface area contributed by atoms with Crippen LogP contribution in [0.2, 0.25) is 5.15 Å². The van der Waals surface area contributed by atoms with Gasteiger partial charge < -0.3 is 9.64 Å². The van der Waals surface area contributed by atoms with Gasteiger partial charge in [-0.3, -0.25) is 4.68 Å². The van der Waals surface area contributed by atoms with Crippen molar-refractivity contribution < 1.29 is 4.74 Å². The molecule has 0 spiro atoms. The van der Waals surface area contributed by atoms with Crippen LogP contribution in [0.4, 0.5) is 5.13 Å². The lowest BCUT2D eigenvalue weighted by Gasteiger charge is -2.15. The molecule has 29 heavy (non-hydrogen) atoms. The number of hydrogen-bond donors (Lipinski definition) is 0. The third kappa shape index (κ3) is 4.57. The molecule has 0 bridgehead atoms. The van der Waals surface area contributed by atoms with Gasteiger partial charge in [0, 0.05) is 32.8 Å². The van der Waals surface area contributed by atoms with Crippen molar-refractivity contribution in [3.63, 3.8) is 0 Å². The first-order chi connectivity index (χ1) is 13.9. The van der Waals surface area contributed by atoms with Gasteiger partial charge in [-0.15, -0.1) is 0 Å². The molecule has 0 aliphatic heterocycles. The number of aryl methyl sites for hydroxylation is 2. The number of anilines is 1. The lowest BCUT2D eigenvalue weighted by atomic mass is 10.1. The second-order valence-electron chi connectivity index (χ2n) is 7.40. The standard InChI is InChI=1S/C21H30ClN5OS/c1-7-14(4)27-16-12-13(3)17(23-18(16)15(5)25-27)19-20(22)24-21(29-19)26(6)10-9-11-28-8-2/h12,14H,7-11H2,1-6H3. The van der Waals surface area contributed by atoms with E-state index in [0.717, 1.165) is 70.6 Å². The Labute approximate surface area is 181 Å². The molecule has 0 fully saturated rings. The van der Waals surface area contributed by atoms with Crippen molar-refractivity contribution in [2.75, 3.05) is 31.7 Å². The van der Waals surface area contributed by atoms with Crippen LogP contribution in [0.15, 0.2) is 6.07 Å². The summed E-state index contributed by atoms with van der Waals surface area (Å²) in [6.07, 6.45) is 1.98. The van der Waals surface area contributed by atoms with E-state index in [1.165, 1.54) is 0 Å². The highest BCUT2D eigenvalue weighted by Gasteiger charge is 2.20. The van der Waals surface area contributed by atoms with Crippen LogP contribution in [-0.4, -0.2) is 46.6 Å². The molecule has 3 aromatic rings. The van der Waals surface area contributed by atoms with Crippen LogP contribution in [0.1, 0.15) is 50.9 Å². The van der Waals surface area contributed by atoms with Crippen molar-refractivity contribution >= 4 is 39.1 Å². The van der Waals surface area contributed by atoms with Gasteiger partial charge in [0.05, 0.1) is 21.8 Å². The van der Waals surface area contributed by atoms with E-state index < -0.39 is 0 Å². The zero-order valence-electron chi connectivity index (χ0n) is 18.1. The first kappa shape index (κ1) is 22.0. The fourth-order valence-electron chi connectivity index (χ4n) is 3.29. The molecule has 3 aromatic heterocycles. The number of thiazole rings is 1. The molecule has 3 rings (SSSR count). The third-order valence-corrected chi connectivity index (χ3v) is 6.71. The molecule has 0 aromatic carbocycles. The van der Waals surface area contributed by atoms with Gasteiger partial charge in [0.2, 0.25) is 0 Å². The molecule has 0 aliphatic rings. The van der Waals surface area contributed by atoms with Crippen LogP contribution >= 0.6 is 22.9 Å². The van der Waals surface area contributed by atoms with Gasteiger partial charge in [0.1, 0.15) is 5.52 Å². The molecular formula is C21H30ClN5OS. The predicted molar refractivity (Wildman–Crippen MR) is 123 cm³/mol. The van der Waals surface area contributed by atoms with E-state index in [1.807, 2.05) is 20.9 Å². The van der Waals surface area contributed by atoms with E-state index in [-0.39, 0.29) is 0 Å². The van der Waals surface area contributed by atoms with Crippen LogP contribution in [-0.2, 0) is 4.74 Å². The Morgan fingerprint density at radius 2 is 2.03 bits per heavy atom. The highest BCUT2D eigenvalue weighted by atomic mass is 35.5. The molecule has 3 heterocycles. The Balaban J connectivity index is 1.93. The summed E-state index contributed by atoms with van der Waals surface area (Å²) in [5, 5.41) is 6.13. The number of rotatable bonds is 9. The third-order valence-electron chi connectivity index (χ3n) is 5.15. The molecule has 158 valence electrons. The van der Waals surface area contributed by atoms with Gasteiger partial charge in [-0.25, -0.2) is 9.97 Å². The maximum atomic E-state index is 6.54. The van der Waals surface area contributed by atoms with Gasteiger partial charge in [0.25, 0.3) is 0 Å². The Bertz CT molecular complexity index is 983. The van der Waals surface area contributed by atoms with Crippen LogP contribution < -0.4 is 4.90 Å². The number of hydrogen-bond acceptors (Lipinski definition) is 6. The van der Waals surface area contributed by atoms with Crippen molar-refractivity contribution in [1.82, 2.24) is 19.7 Å². The number of nitrogens with zero attached hydrogens (tertiary/aromatic N) is 5. The van der Waals surface area contributed by atoms with Crippen molar-refractivity contribution in [3.8, 4) is 10.6 Å². The highest BCUT2D eigenvalue weighted by Crippen LogP contribution is 2.39. The second-order valence-corrected chi connectivity index (χ2v) is 8.73. The molecule has 0 saturated heterocycles. The average Bonchev–Trinajstić information content (AvgIpc) is 3.24. The van der Waals surface area contributed by atoms with E-state index in [2.05, 4.69) is 41.4 Å². The summed E-state index contributed by atoms with van der Waals surface area (Å²) in [6.45, 7) is 12.8. The summed E-state index contributed by atoms with van der Waals surface area (Å²) >= 11 is 8.12. The maximum Gasteiger partial charge on any atom is 0.187 e. The van der Waals surface area contributed by atoms with E-state index in [0.29, 0.717) is 11.2 Å². The van der Waals surface area contributed by atoms with Crippen LogP contribution in [0.3, 0.4) is 0 Å². The monoisotopic (exact) mass is 435 g/mol. The summed E-state index contributed by atoms with van der Waals surface area (Å²) in [5.41, 5.74) is 4.92. The minimum Gasteiger partial charge on any atom is -0.382 e. The fraction of sp³-hybridized carbons (Fsp3) is 0.571. The van der Waals surface area contributed by atoms with Crippen molar-refractivity contribution in [2.45, 2.75) is 53.5 Å². The topological polar surface area (TPSA) is 56.1 Å². The summed E-state index contributed by atoms with van der Waals surface area (Å²) in [4.78, 5) is 12.6. The van der Waals surface area contributed by atoms with Crippen molar-refractivity contribution in [1.29, 1.82) is 0 Å². The molecule has 0 saturated carbocycles. The summed E-state index contributed by atoms with van der Waals surface area (Å²) in [6, 6.07) is 2.51. The normalized spacial score (nSPS) is 12.7. The Morgan fingerprint density at radius 3 is 2.72 bits per heavy atom. The molecule has 1 atom stereocenters. The zero-order valence-corrected chi connectivity index (χ0v) is 19.7. The lowest BCUT2D eigenvalue weighted by molar-refractivity contribution is 0.146. The number of fused-ring (bicyclic) bond motifs is 1. The summed E-state index contributed by atoms with van der Waals surface area (Å²) < 4.78 is 7.51.